The highest BCUT2D eigenvalue weighted by atomic mass is 16.5. The molecule has 0 N–H and O–H groups in total. The second kappa shape index (κ2) is 6.85. The van der Waals surface area contributed by atoms with E-state index < -0.39 is 5.60 Å². The van der Waals surface area contributed by atoms with Gasteiger partial charge < -0.3 is 4.74 Å². The van der Waals surface area contributed by atoms with Crippen LogP contribution in [0.5, 0.6) is 0 Å². The summed E-state index contributed by atoms with van der Waals surface area (Å²) in [5, 5.41) is 2.31. The Balaban J connectivity index is 1.93. The van der Waals surface area contributed by atoms with Crippen molar-refractivity contribution in [3.05, 3.63) is 57.4 Å². The summed E-state index contributed by atoms with van der Waals surface area (Å²) in [7, 11) is 1.66. The first-order valence-electron chi connectivity index (χ1n) is 10.3. The van der Waals surface area contributed by atoms with Crippen LogP contribution in [0.2, 0.25) is 0 Å². The predicted octanol–water partition coefficient (Wildman–Crippen LogP) is 4.06. The quantitative estimate of drug-likeness (QED) is 0.560. The van der Waals surface area contributed by atoms with Crippen LogP contribution in [0.25, 0.3) is 11.3 Å². The fraction of sp³-hybridized carbons (Fsp3) is 0.440. The summed E-state index contributed by atoms with van der Waals surface area (Å²) >= 11 is 0. The van der Waals surface area contributed by atoms with Crippen LogP contribution in [0.4, 0.5) is 0 Å². The van der Waals surface area contributed by atoms with Gasteiger partial charge in [0, 0.05) is 30.5 Å². The first kappa shape index (κ1) is 20.4. The Morgan fingerprint density at radius 3 is 2.67 bits per heavy atom. The van der Waals surface area contributed by atoms with Crippen LogP contribution in [0.15, 0.2) is 35.3 Å². The second-order valence-electron chi connectivity index (χ2n) is 9.32. The van der Waals surface area contributed by atoms with Gasteiger partial charge in [-0.2, -0.15) is 0 Å². The number of rotatable bonds is 2. The van der Waals surface area contributed by atoms with Crippen molar-refractivity contribution in [2.75, 3.05) is 12.1 Å². The number of pyridine rings is 1. The first-order chi connectivity index (χ1) is 14.0. The number of methoxy groups -OCH3 is 1. The molecular formula is C25H28N2O3. The summed E-state index contributed by atoms with van der Waals surface area (Å²) in [6.07, 6.45) is 3.74. The highest BCUT2D eigenvalue weighted by Gasteiger charge is 2.44. The Bertz CT molecular complexity index is 1160. The molecule has 1 fully saturated rings. The molecule has 1 aromatic heterocycles. The summed E-state index contributed by atoms with van der Waals surface area (Å²) in [6, 6.07) is 7.93. The molecule has 2 aliphatic rings. The third-order valence-electron chi connectivity index (χ3n) is 6.29. The average molecular weight is 405 g/mol. The van der Waals surface area contributed by atoms with Crippen molar-refractivity contribution in [2.24, 2.45) is 0 Å². The molecule has 4 rings (SSSR count). The molecule has 2 aromatic rings. The number of benzene rings is 1. The molecule has 0 amide bonds. The van der Waals surface area contributed by atoms with Gasteiger partial charge in [-0.25, -0.2) is 0 Å². The number of ketones is 1. The molecular weight excluding hydrogens is 376 g/mol. The van der Waals surface area contributed by atoms with Crippen LogP contribution in [-0.4, -0.2) is 28.7 Å². The van der Waals surface area contributed by atoms with E-state index in [1.165, 1.54) is 12.5 Å². The molecule has 0 bridgehead atoms. The molecule has 1 atom stereocenters. The number of hydrogen-bond donors (Lipinski definition) is 0. The van der Waals surface area contributed by atoms with Gasteiger partial charge in [0.1, 0.15) is 5.60 Å². The lowest BCUT2D eigenvalue weighted by Crippen LogP contribution is -2.50. The minimum Gasteiger partial charge on any atom is -0.366 e. The highest BCUT2D eigenvalue weighted by molar-refractivity contribution is 5.94. The van der Waals surface area contributed by atoms with Gasteiger partial charge in [0.05, 0.1) is 22.8 Å². The summed E-state index contributed by atoms with van der Waals surface area (Å²) in [5.41, 5.74) is 3.34. The van der Waals surface area contributed by atoms with Gasteiger partial charge in [0.15, 0.2) is 11.2 Å². The lowest BCUT2D eigenvalue weighted by molar-refractivity contribution is 0.0741. The molecule has 1 saturated heterocycles. The average Bonchev–Trinajstić information content (AvgIpc) is 3.01. The minimum atomic E-state index is -0.514. The van der Waals surface area contributed by atoms with Crippen LogP contribution in [0.1, 0.15) is 75.0 Å². The molecule has 0 aliphatic carbocycles. The Labute approximate surface area is 177 Å². The molecule has 5 heteroatoms. The van der Waals surface area contributed by atoms with E-state index in [2.05, 4.69) is 36.8 Å². The topological polar surface area (TPSA) is 51.5 Å². The van der Waals surface area contributed by atoms with Crippen LogP contribution >= 0.6 is 0 Å². The fourth-order valence-corrected chi connectivity index (χ4v) is 4.47. The molecule has 2 aliphatic heterocycles. The zero-order chi connectivity index (χ0) is 21.8. The number of aromatic nitrogens is 1. The number of ether oxygens (including phenoxy) is 1. The van der Waals surface area contributed by atoms with Crippen LogP contribution in [0.3, 0.4) is 0 Å². The van der Waals surface area contributed by atoms with Gasteiger partial charge in [0.2, 0.25) is 0 Å². The molecule has 0 spiro atoms. The second-order valence-corrected chi connectivity index (χ2v) is 9.32. The largest absolute Gasteiger partial charge is 0.366 e. The molecule has 3 heterocycles. The van der Waals surface area contributed by atoms with Gasteiger partial charge in [-0.15, -0.1) is 0 Å². The van der Waals surface area contributed by atoms with Crippen LogP contribution in [0, 0.1) is 11.8 Å². The van der Waals surface area contributed by atoms with E-state index in [-0.39, 0.29) is 28.4 Å². The van der Waals surface area contributed by atoms with E-state index in [0.717, 1.165) is 29.7 Å². The third-order valence-corrected chi connectivity index (χ3v) is 6.29. The molecule has 30 heavy (non-hydrogen) atoms. The predicted molar refractivity (Wildman–Crippen MR) is 118 cm³/mol. The lowest BCUT2D eigenvalue weighted by atomic mass is 9.92. The van der Waals surface area contributed by atoms with Gasteiger partial charge in [-0.3, -0.25) is 19.3 Å². The molecule has 5 nitrogen and oxygen atoms in total. The van der Waals surface area contributed by atoms with Crippen molar-refractivity contribution in [3.63, 3.8) is 0 Å². The number of Topliss-reactive ketones (excluding diaryl/α,β-unsaturated/α-hetero) is 1. The van der Waals surface area contributed by atoms with Gasteiger partial charge in [-0.05, 0) is 65.2 Å². The maximum Gasteiger partial charge on any atom is 0.193 e. The van der Waals surface area contributed by atoms with Crippen molar-refractivity contribution in [1.29, 1.82) is 0 Å². The number of nitrogens with zero attached hydrogens (tertiary/aromatic N) is 2. The van der Waals surface area contributed by atoms with Crippen molar-refractivity contribution >= 4 is 5.78 Å². The third kappa shape index (κ3) is 3.26. The monoisotopic (exact) mass is 404 g/mol. The van der Waals surface area contributed by atoms with Crippen molar-refractivity contribution in [3.8, 4) is 23.1 Å². The maximum atomic E-state index is 12.6. The summed E-state index contributed by atoms with van der Waals surface area (Å²) in [6.45, 7) is 9.74. The van der Waals surface area contributed by atoms with Crippen molar-refractivity contribution < 1.29 is 9.53 Å². The standard InChI is InChI=1S/C25H28N2O3/c1-16(28)20-15-26-22(14-23(20)29)18-8-7-17(9-12-25(4,5)30-6)13-19(18)21-10-11-24(2,3)27(21)26/h7-8,13-15,21H,10-11H2,1-6H3/t21-/m1/s1. The Morgan fingerprint density at radius 1 is 1.27 bits per heavy atom. The number of hydrogen-bond acceptors (Lipinski definition) is 4. The zero-order valence-electron chi connectivity index (χ0n) is 18.5. The summed E-state index contributed by atoms with van der Waals surface area (Å²) in [4.78, 5) is 24.6. The normalized spacial score (nSPS) is 18.7. The zero-order valence-corrected chi connectivity index (χ0v) is 18.5. The summed E-state index contributed by atoms with van der Waals surface area (Å²) in [5.74, 6) is 6.21. The molecule has 0 saturated carbocycles. The highest BCUT2D eigenvalue weighted by Crippen LogP contribution is 2.47. The van der Waals surface area contributed by atoms with E-state index in [1.807, 2.05) is 30.7 Å². The Morgan fingerprint density at radius 2 is 2.00 bits per heavy atom. The van der Waals surface area contributed by atoms with Crippen molar-refractivity contribution in [2.45, 2.75) is 64.6 Å². The molecule has 156 valence electrons. The van der Waals surface area contributed by atoms with Crippen LogP contribution < -0.4 is 10.4 Å². The van der Waals surface area contributed by atoms with Gasteiger partial charge in [0.25, 0.3) is 0 Å². The fourth-order valence-electron chi connectivity index (χ4n) is 4.47. The Kier molecular flexibility index (Phi) is 4.67. The molecule has 0 radical (unpaired) electrons. The first-order valence-corrected chi connectivity index (χ1v) is 10.3. The molecule has 0 unspecified atom stereocenters. The van der Waals surface area contributed by atoms with Crippen molar-refractivity contribution in [1.82, 2.24) is 4.68 Å². The van der Waals surface area contributed by atoms with E-state index >= 15 is 0 Å². The minimum absolute atomic E-state index is 0.0973. The number of carbonyl (C=O) groups excluding carboxylic acids is 1. The maximum absolute atomic E-state index is 12.6. The van der Waals surface area contributed by atoms with E-state index in [0.29, 0.717) is 0 Å². The van der Waals surface area contributed by atoms with Gasteiger partial charge >= 0.3 is 0 Å². The number of fused-ring (bicyclic) bond motifs is 6. The number of carbonyl (C=O) groups is 1. The summed E-state index contributed by atoms with van der Waals surface area (Å²) < 4.78 is 7.44. The SMILES string of the molecule is COC(C)(C)C#Cc1ccc2c(c1)[C@H]1CCC(C)(C)N1n1cc(C(C)=O)c(=O)cc1-2. The van der Waals surface area contributed by atoms with Gasteiger partial charge in [-0.1, -0.05) is 17.9 Å². The van der Waals surface area contributed by atoms with E-state index in [9.17, 15) is 9.59 Å². The smallest absolute Gasteiger partial charge is 0.193 e. The van der Waals surface area contributed by atoms with E-state index in [4.69, 9.17) is 4.74 Å². The Hall–Kier alpha value is -2.84. The lowest BCUT2D eigenvalue weighted by Gasteiger charge is -2.44. The van der Waals surface area contributed by atoms with Crippen LogP contribution in [-0.2, 0) is 4.74 Å². The van der Waals surface area contributed by atoms with E-state index in [1.54, 1.807) is 19.4 Å². The molecule has 1 aromatic carbocycles.